The molecule has 1 aliphatic carbocycles. The van der Waals surface area contributed by atoms with Crippen molar-refractivity contribution in [2.45, 2.75) is 59.8 Å². The molecule has 198 valence electrons. The largest absolute Gasteiger partial charge is 0.492 e. The molecule has 2 aromatic carbocycles. The Balaban J connectivity index is 0.00000306. The second kappa shape index (κ2) is 17.1. The SMILES string of the molecule is CCCN(CCC)CCOc1ccc2c(c1)Cc1cc(OCCN(CCC)CCC)ccc1-2.Cl.Cl. The third-order valence-electron chi connectivity index (χ3n) is 6.34. The van der Waals surface area contributed by atoms with Crippen LogP contribution in [0.2, 0.25) is 0 Å². The summed E-state index contributed by atoms with van der Waals surface area (Å²) in [6, 6.07) is 13.2. The molecule has 0 aromatic heterocycles. The first kappa shape index (κ1) is 31.6. The van der Waals surface area contributed by atoms with Gasteiger partial charge in [0, 0.05) is 13.1 Å². The standard InChI is InChI=1S/C29H44N2O2.2ClH/c1-5-13-30(14-6-2)17-19-32-26-9-11-28-24(22-26)21-25-23-27(10-12-29(25)28)33-20-18-31(15-7-3)16-8-4;;/h9-12,22-23H,5-8,13-21H2,1-4H3;2*1H. The van der Waals surface area contributed by atoms with E-state index in [1.54, 1.807) is 0 Å². The lowest BCUT2D eigenvalue weighted by Crippen LogP contribution is -2.30. The van der Waals surface area contributed by atoms with Gasteiger partial charge in [0.25, 0.3) is 0 Å². The monoisotopic (exact) mass is 524 g/mol. The third-order valence-corrected chi connectivity index (χ3v) is 6.34. The van der Waals surface area contributed by atoms with E-state index in [1.807, 2.05) is 0 Å². The summed E-state index contributed by atoms with van der Waals surface area (Å²) in [6.45, 7) is 17.0. The normalized spacial score (nSPS) is 11.6. The van der Waals surface area contributed by atoms with E-state index in [0.717, 1.165) is 70.4 Å². The second-order valence-corrected chi connectivity index (χ2v) is 9.19. The summed E-state index contributed by atoms with van der Waals surface area (Å²) in [5.41, 5.74) is 5.38. The lowest BCUT2D eigenvalue weighted by molar-refractivity contribution is 0.209. The first-order valence-electron chi connectivity index (χ1n) is 13.1. The Morgan fingerprint density at radius 3 is 1.29 bits per heavy atom. The molecule has 0 heterocycles. The highest BCUT2D eigenvalue weighted by molar-refractivity contribution is 5.85. The minimum Gasteiger partial charge on any atom is -0.492 e. The number of benzene rings is 2. The van der Waals surface area contributed by atoms with E-state index in [9.17, 15) is 0 Å². The fourth-order valence-electron chi connectivity index (χ4n) is 4.86. The highest BCUT2D eigenvalue weighted by Crippen LogP contribution is 2.39. The van der Waals surface area contributed by atoms with Gasteiger partial charge >= 0.3 is 0 Å². The summed E-state index contributed by atoms with van der Waals surface area (Å²) in [6.07, 6.45) is 5.73. The number of rotatable bonds is 16. The predicted octanol–water partition coefficient (Wildman–Crippen LogP) is 7.10. The highest BCUT2D eigenvalue weighted by Gasteiger charge is 2.20. The van der Waals surface area contributed by atoms with Gasteiger partial charge < -0.3 is 9.47 Å². The fourth-order valence-corrected chi connectivity index (χ4v) is 4.86. The Labute approximate surface area is 226 Å². The van der Waals surface area contributed by atoms with Crippen LogP contribution in [0.4, 0.5) is 0 Å². The van der Waals surface area contributed by atoms with Crippen molar-refractivity contribution in [2.75, 3.05) is 52.5 Å². The van der Waals surface area contributed by atoms with E-state index in [4.69, 9.17) is 9.47 Å². The molecule has 0 amide bonds. The summed E-state index contributed by atoms with van der Waals surface area (Å²) in [5, 5.41) is 0. The number of hydrogen-bond acceptors (Lipinski definition) is 4. The van der Waals surface area contributed by atoms with Gasteiger partial charge in [-0.05, 0) is 105 Å². The van der Waals surface area contributed by atoms with Crippen molar-refractivity contribution in [2.24, 2.45) is 0 Å². The van der Waals surface area contributed by atoms with Gasteiger partial charge in [0.2, 0.25) is 0 Å². The molecule has 0 saturated heterocycles. The summed E-state index contributed by atoms with van der Waals surface area (Å²) in [5.74, 6) is 1.97. The summed E-state index contributed by atoms with van der Waals surface area (Å²) < 4.78 is 12.2. The van der Waals surface area contributed by atoms with E-state index >= 15 is 0 Å². The van der Waals surface area contributed by atoms with Crippen molar-refractivity contribution in [3.05, 3.63) is 47.5 Å². The van der Waals surface area contributed by atoms with Gasteiger partial charge in [-0.25, -0.2) is 0 Å². The van der Waals surface area contributed by atoms with Crippen molar-refractivity contribution in [3.63, 3.8) is 0 Å². The van der Waals surface area contributed by atoms with Crippen LogP contribution in [-0.2, 0) is 6.42 Å². The Morgan fingerprint density at radius 1 is 0.571 bits per heavy atom. The van der Waals surface area contributed by atoms with Gasteiger partial charge in [-0.2, -0.15) is 0 Å². The van der Waals surface area contributed by atoms with Gasteiger partial charge in [0.05, 0.1) is 0 Å². The van der Waals surface area contributed by atoms with Crippen LogP contribution in [-0.4, -0.2) is 62.3 Å². The van der Waals surface area contributed by atoms with Crippen LogP contribution in [0.3, 0.4) is 0 Å². The Hall–Kier alpha value is -1.46. The minimum absolute atomic E-state index is 0. The van der Waals surface area contributed by atoms with Gasteiger partial charge in [-0.15, -0.1) is 24.8 Å². The molecule has 0 radical (unpaired) electrons. The lowest BCUT2D eigenvalue weighted by Gasteiger charge is -2.21. The van der Waals surface area contributed by atoms with Gasteiger partial charge in [0.1, 0.15) is 24.7 Å². The van der Waals surface area contributed by atoms with Crippen molar-refractivity contribution in [3.8, 4) is 22.6 Å². The third kappa shape index (κ3) is 9.49. The van der Waals surface area contributed by atoms with E-state index in [0.29, 0.717) is 0 Å². The van der Waals surface area contributed by atoms with E-state index in [-0.39, 0.29) is 24.8 Å². The van der Waals surface area contributed by atoms with Crippen LogP contribution in [0, 0.1) is 0 Å². The molecule has 2 aromatic rings. The maximum absolute atomic E-state index is 6.12. The summed E-state index contributed by atoms with van der Waals surface area (Å²) in [7, 11) is 0. The van der Waals surface area contributed by atoms with Crippen LogP contribution in [0.5, 0.6) is 11.5 Å². The molecule has 0 aliphatic heterocycles. The molecule has 3 rings (SSSR count). The lowest BCUT2D eigenvalue weighted by atomic mass is 10.1. The number of halogens is 2. The summed E-state index contributed by atoms with van der Waals surface area (Å²) in [4.78, 5) is 4.99. The van der Waals surface area contributed by atoms with Gasteiger partial charge in [0.15, 0.2) is 0 Å². The molecular weight excluding hydrogens is 479 g/mol. The van der Waals surface area contributed by atoms with Crippen molar-refractivity contribution < 1.29 is 9.47 Å². The highest BCUT2D eigenvalue weighted by atomic mass is 35.5. The average molecular weight is 526 g/mol. The molecule has 0 bridgehead atoms. The Morgan fingerprint density at radius 2 is 0.943 bits per heavy atom. The second-order valence-electron chi connectivity index (χ2n) is 9.19. The van der Waals surface area contributed by atoms with Crippen molar-refractivity contribution >= 4 is 24.8 Å². The van der Waals surface area contributed by atoms with E-state index in [2.05, 4.69) is 73.9 Å². The molecule has 0 unspecified atom stereocenters. The van der Waals surface area contributed by atoms with Crippen molar-refractivity contribution in [1.29, 1.82) is 0 Å². The number of fused-ring (bicyclic) bond motifs is 3. The predicted molar refractivity (Wildman–Crippen MR) is 154 cm³/mol. The van der Waals surface area contributed by atoms with Crippen LogP contribution in [0.1, 0.15) is 64.5 Å². The first-order chi connectivity index (χ1) is 16.2. The van der Waals surface area contributed by atoms with E-state index < -0.39 is 0 Å². The van der Waals surface area contributed by atoms with Gasteiger partial charge in [-0.3, -0.25) is 9.80 Å². The molecule has 35 heavy (non-hydrogen) atoms. The molecule has 0 N–H and O–H groups in total. The van der Waals surface area contributed by atoms with Crippen molar-refractivity contribution in [1.82, 2.24) is 9.80 Å². The molecule has 6 heteroatoms. The molecule has 0 fully saturated rings. The molecular formula is C29H46Cl2N2O2. The number of hydrogen-bond donors (Lipinski definition) is 0. The smallest absolute Gasteiger partial charge is 0.119 e. The molecule has 0 saturated carbocycles. The minimum atomic E-state index is 0. The Kier molecular flexibility index (Phi) is 15.4. The maximum Gasteiger partial charge on any atom is 0.119 e. The Bertz CT molecular complexity index is 781. The van der Waals surface area contributed by atoms with Crippen LogP contribution >= 0.6 is 24.8 Å². The zero-order chi connectivity index (χ0) is 23.5. The van der Waals surface area contributed by atoms with E-state index in [1.165, 1.54) is 47.9 Å². The number of ether oxygens (including phenoxy) is 2. The van der Waals surface area contributed by atoms with Crippen LogP contribution in [0.25, 0.3) is 11.1 Å². The summed E-state index contributed by atoms with van der Waals surface area (Å²) >= 11 is 0. The molecule has 1 aliphatic rings. The molecule has 0 atom stereocenters. The fraction of sp³-hybridized carbons (Fsp3) is 0.586. The quantitative estimate of drug-likeness (QED) is 0.199. The first-order valence-corrected chi connectivity index (χ1v) is 13.1. The van der Waals surface area contributed by atoms with Crippen LogP contribution in [0.15, 0.2) is 36.4 Å². The average Bonchev–Trinajstić information content (AvgIpc) is 3.16. The molecule has 4 nitrogen and oxygen atoms in total. The molecule has 0 spiro atoms. The topological polar surface area (TPSA) is 24.9 Å². The van der Waals surface area contributed by atoms with Gasteiger partial charge in [-0.1, -0.05) is 39.8 Å². The maximum atomic E-state index is 6.12. The zero-order valence-corrected chi connectivity index (χ0v) is 23.8. The zero-order valence-electron chi connectivity index (χ0n) is 22.2. The number of nitrogens with zero attached hydrogens (tertiary/aromatic N) is 2. The van der Waals surface area contributed by atoms with Crippen LogP contribution < -0.4 is 9.47 Å².